The lowest BCUT2D eigenvalue weighted by molar-refractivity contribution is -0.192. The van der Waals surface area contributed by atoms with Gasteiger partial charge in [0.1, 0.15) is 11.0 Å². The average Bonchev–Trinajstić information content (AvgIpc) is 3.49. The summed E-state index contributed by atoms with van der Waals surface area (Å²) in [7, 11) is 1.96. The van der Waals surface area contributed by atoms with Crippen LogP contribution in [0.15, 0.2) is 43.0 Å². The van der Waals surface area contributed by atoms with Crippen LogP contribution >= 0.6 is 0 Å². The van der Waals surface area contributed by atoms with E-state index in [0.717, 1.165) is 25.2 Å². The summed E-state index contributed by atoms with van der Waals surface area (Å²) < 4.78 is 47.7. The summed E-state index contributed by atoms with van der Waals surface area (Å²) in [4.78, 5) is 37.3. The summed E-state index contributed by atoms with van der Waals surface area (Å²) in [6, 6.07) is 5.35. The molecule has 200 valence electrons. The molecule has 4 heterocycles. The Hall–Kier alpha value is -4.33. The van der Waals surface area contributed by atoms with Crippen molar-refractivity contribution in [3.05, 3.63) is 60.1 Å². The number of nitrogens with zero attached hydrogens (tertiary/aromatic N) is 5. The molecule has 10 nitrogen and oxygen atoms in total. The van der Waals surface area contributed by atoms with E-state index in [2.05, 4.69) is 30.5 Å². The standard InChI is InChI=1S/C22H22FN7O.C2HF3O2/c1-13-10-30-12-15(9-17(23)21(30)27-13)28-22(31)16-3-4-18(20-19(16)25-6-7-26-20)29-8-5-14(11-29)24-2;3-2(4,5)1(6)7/h3-4,6-7,9-10,12,14,24H,5,8,11H2,1-2H3,(H,28,31);(H,6,7). The van der Waals surface area contributed by atoms with Gasteiger partial charge >= 0.3 is 12.1 Å². The van der Waals surface area contributed by atoms with Crippen molar-refractivity contribution in [1.29, 1.82) is 0 Å². The smallest absolute Gasteiger partial charge is 0.475 e. The van der Waals surface area contributed by atoms with Crippen LogP contribution < -0.4 is 15.5 Å². The maximum Gasteiger partial charge on any atom is 0.490 e. The van der Waals surface area contributed by atoms with Crippen LogP contribution in [-0.2, 0) is 4.79 Å². The van der Waals surface area contributed by atoms with E-state index in [9.17, 15) is 22.4 Å². The van der Waals surface area contributed by atoms with Gasteiger partial charge in [-0.1, -0.05) is 0 Å². The summed E-state index contributed by atoms with van der Waals surface area (Å²) in [6.07, 6.45) is 2.51. The largest absolute Gasteiger partial charge is 0.490 e. The van der Waals surface area contributed by atoms with Crippen molar-refractivity contribution in [1.82, 2.24) is 24.7 Å². The van der Waals surface area contributed by atoms with Gasteiger partial charge in [0, 0.05) is 50.0 Å². The van der Waals surface area contributed by atoms with Gasteiger partial charge in [-0.2, -0.15) is 13.2 Å². The van der Waals surface area contributed by atoms with E-state index >= 15 is 0 Å². The molecule has 5 rings (SSSR count). The number of amides is 1. The van der Waals surface area contributed by atoms with Gasteiger partial charge in [-0.25, -0.2) is 14.2 Å². The molecular formula is C24H23F4N7O3. The lowest BCUT2D eigenvalue weighted by atomic mass is 10.1. The van der Waals surface area contributed by atoms with Crippen LogP contribution in [-0.4, -0.2) is 68.7 Å². The third-order valence-electron chi connectivity index (χ3n) is 5.91. The number of carboxylic acid groups (broad SMARTS) is 1. The van der Waals surface area contributed by atoms with E-state index in [1.165, 1.54) is 6.07 Å². The fraction of sp³-hybridized carbons (Fsp3) is 0.292. The highest BCUT2D eigenvalue weighted by atomic mass is 19.4. The highest BCUT2D eigenvalue weighted by molar-refractivity contribution is 6.13. The van der Waals surface area contributed by atoms with Gasteiger partial charge in [0.25, 0.3) is 5.91 Å². The van der Waals surface area contributed by atoms with Gasteiger partial charge < -0.3 is 25.0 Å². The molecule has 0 radical (unpaired) electrons. The molecule has 3 N–H and O–H groups in total. The van der Waals surface area contributed by atoms with Crippen LogP contribution in [0.3, 0.4) is 0 Å². The molecular weight excluding hydrogens is 510 g/mol. The van der Waals surface area contributed by atoms with Crippen LogP contribution in [0.4, 0.5) is 28.9 Å². The van der Waals surface area contributed by atoms with Gasteiger partial charge in [0.15, 0.2) is 11.5 Å². The second-order valence-corrected chi connectivity index (χ2v) is 8.55. The van der Waals surface area contributed by atoms with E-state index < -0.39 is 18.0 Å². The number of likely N-dealkylation sites (N-methyl/N-ethyl adjacent to an activating group) is 1. The Morgan fingerprint density at radius 3 is 2.45 bits per heavy atom. The van der Waals surface area contributed by atoms with Gasteiger partial charge in [-0.15, -0.1) is 0 Å². The molecule has 1 aliphatic heterocycles. The van der Waals surface area contributed by atoms with Crippen molar-refractivity contribution in [2.45, 2.75) is 25.6 Å². The van der Waals surface area contributed by atoms with E-state index in [4.69, 9.17) is 9.90 Å². The molecule has 1 fully saturated rings. The number of rotatable bonds is 4. The summed E-state index contributed by atoms with van der Waals surface area (Å²) >= 11 is 0. The number of pyridine rings is 1. The third kappa shape index (κ3) is 5.64. The van der Waals surface area contributed by atoms with Crippen LogP contribution in [0.5, 0.6) is 0 Å². The number of hydrogen-bond donors (Lipinski definition) is 3. The van der Waals surface area contributed by atoms with Crippen molar-refractivity contribution in [3.63, 3.8) is 0 Å². The number of aromatic nitrogens is 4. The highest BCUT2D eigenvalue weighted by Gasteiger charge is 2.38. The van der Waals surface area contributed by atoms with Crippen LogP contribution in [0, 0.1) is 12.7 Å². The Morgan fingerprint density at radius 2 is 1.82 bits per heavy atom. The molecule has 1 amide bonds. The van der Waals surface area contributed by atoms with Crippen molar-refractivity contribution >= 4 is 39.9 Å². The predicted molar refractivity (Wildman–Crippen MR) is 131 cm³/mol. The third-order valence-corrected chi connectivity index (χ3v) is 5.91. The second kappa shape index (κ2) is 10.6. The predicted octanol–water partition coefficient (Wildman–Crippen LogP) is 3.41. The number of imidazole rings is 1. The van der Waals surface area contributed by atoms with Crippen molar-refractivity contribution in [2.75, 3.05) is 30.4 Å². The number of aliphatic carboxylic acids is 1. The first-order valence-electron chi connectivity index (χ1n) is 11.4. The van der Waals surface area contributed by atoms with Crippen LogP contribution in [0.1, 0.15) is 22.5 Å². The SMILES string of the molecule is CNC1CCN(c2ccc(C(=O)Nc3cc(F)c4nc(C)cn4c3)c3nccnc23)C1.O=C(O)C(F)(F)F. The average molecular weight is 533 g/mol. The number of hydrogen-bond acceptors (Lipinski definition) is 7. The maximum atomic E-state index is 14.4. The number of carbonyl (C=O) groups is 2. The number of aryl methyl sites for hydroxylation is 1. The molecule has 3 aromatic heterocycles. The van der Waals surface area contributed by atoms with E-state index in [1.807, 2.05) is 13.1 Å². The summed E-state index contributed by atoms with van der Waals surface area (Å²) in [5.74, 6) is -3.63. The molecule has 4 aromatic rings. The molecule has 1 saturated heterocycles. The molecule has 0 saturated carbocycles. The molecule has 14 heteroatoms. The molecule has 1 atom stereocenters. The summed E-state index contributed by atoms with van der Waals surface area (Å²) in [6.45, 7) is 3.57. The molecule has 1 unspecified atom stereocenters. The lowest BCUT2D eigenvalue weighted by Crippen LogP contribution is -2.29. The number of benzene rings is 1. The minimum absolute atomic E-state index is 0.224. The van der Waals surface area contributed by atoms with Gasteiger partial charge in [-0.3, -0.25) is 14.8 Å². The molecule has 38 heavy (non-hydrogen) atoms. The van der Waals surface area contributed by atoms with Crippen LogP contribution in [0.25, 0.3) is 16.7 Å². The Bertz CT molecular complexity index is 1510. The Balaban J connectivity index is 0.000000426. The van der Waals surface area contributed by atoms with Crippen molar-refractivity contribution in [2.24, 2.45) is 0 Å². The number of halogens is 4. The number of carboxylic acids is 1. The first-order valence-corrected chi connectivity index (χ1v) is 11.4. The number of alkyl halides is 3. The fourth-order valence-corrected chi connectivity index (χ4v) is 4.14. The van der Waals surface area contributed by atoms with Crippen molar-refractivity contribution < 1.29 is 32.3 Å². The number of carbonyl (C=O) groups excluding carboxylic acids is 1. The number of anilines is 2. The van der Waals surface area contributed by atoms with Gasteiger partial charge in [0.05, 0.1) is 22.6 Å². The summed E-state index contributed by atoms with van der Waals surface area (Å²) in [5, 5.41) is 13.2. The Labute approximate surface area is 213 Å². The van der Waals surface area contributed by atoms with Gasteiger partial charge in [0.2, 0.25) is 0 Å². The fourth-order valence-electron chi connectivity index (χ4n) is 4.14. The number of nitrogens with one attached hydrogen (secondary N) is 2. The van der Waals surface area contributed by atoms with E-state index in [-0.39, 0.29) is 11.6 Å². The zero-order valence-corrected chi connectivity index (χ0v) is 20.3. The van der Waals surface area contributed by atoms with Crippen LogP contribution in [0.2, 0.25) is 0 Å². The normalized spacial score (nSPS) is 15.4. The molecule has 1 aromatic carbocycles. The minimum atomic E-state index is -5.08. The minimum Gasteiger partial charge on any atom is -0.475 e. The highest BCUT2D eigenvalue weighted by Crippen LogP contribution is 2.30. The Kier molecular flexibility index (Phi) is 7.44. The van der Waals surface area contributed by atoms with Gasteiger partial charge in [-0.05, 0) is 32.5 Å². The summed E-state index contributed by atoms with van der Waals surface area (Å²) in [5.41, 5.74) is 3.80. The first-order chi connectivity index (χ1) is 18.0. The molecule has 0 spiro atoms. The monoisotopic (exact) mass is 533 g/mol. The number of fused-ring (bicyclic) bond motifs is 2. The Morgan fingerprint density at radius 1 is 1.13 bits per heavy atom. The molecule has 0 aliphatic carbocycles. The zero-order chi connectivity index (χ0) is 27.6. The second-order valence-electron chi connectivity index (χ2n) is 8.55. The van der Waals surface area contributed by atoms with E-state index in [1.54, 1.807) is 42.2 Å². The zero-order valence-electron chi connectivity index (χ0n) is 20.3. The lowest BCUT2D eigenvalue weighted by Gasteiger charge is -2.20. The van der Waals surface area contributed by atoms with Crippen molar-refractivity contribution in [3.8, 4) is 0 Å². The molecule has 1 aliphatic rings. The molecule has 0 bridgehead atoms. The first kappa shape index (κ1) is 26.7. The topological polar surface area (TPSA) is 125 Å². The van der Waals surface area contributed by atoms with E-state index in [0.29, 0.717) is 34.0 Å². The quantitative estimate of drug-likeness (QED) is 0.341. The maximum absolute atomic E-state index is 14.4.